The van der Waals surface area contributed by atoms with Gasteiger partial charge in [-0.3, -0.25) is 0 Å². The largest absolute Gasteiger partial charge is 0.491 e. The van der Waals surface area contributed by atoms with Gasteiger partial charge in [0.1, 0.15) is 24.2 Å². The molecule has 0 bridgehead atoms. The van der Waals surface area contributed by atoms with E-state index in [-0.39, 0.29) is 22.5 Å². The van der Waals surface area contributed by atoms with Gasteiger partial charge in [-0.25, -0.2) is 14.4 Å². The Bertz CT molecular complexity index is 965. The molecule has 1 atom stereocenters. The molecule has 0 saturated heterocycles. The number of carbonyl (C=O) groups excluding carboxylic acids is 3. The first-order chi connectivity index (χ1) is 15.9. The third-order valence-corrected chi connectivity index (χ3v) is 4.42. The molecule has 0 saturated carbocycles. The van der Waals surface area contributed by atoms with Gasteiger partial charge in [0.2, 0.25) is 0 Å². The number of rotatable bonds is 10. The minimum Gasteiger partial charge on any atom is -0.491 e. The highest BCUT2D eigenvalue weighted by atomic mass is 16.5. The van der Waals surface area contributed by atoms with Crippen molar-refractivity contribution in [1.82, 2.24) is 0 Å². The molecule has 0 spiro atoms. The van der Waals surface area contributed by atoms with Crippen molar-refractivity contribution < 1.29 is 43.5 Å². The van der Waals surface area contributed by atoms with Crippen molar-refractivity contribution in [3.05, 3.63) is 59.5 Å². The molecule has 2 rings (SSSR count). The highest BCUT2D eigenvalue weighted by Gasteiger charge is 2.29. The number of carbonyl (C=O) groups is 3. The molecule has 0 fully saturated rings. The highest BCUT2D eigenvalue weighted by Crippen LogP contribution is 2.35. The Hall–Kier alpha value is -3.63. The third-order valence-electron chi connectivity index (χ3n) is 4.42. The zero-order valence-corrected chi connectivity index (χ0v) is 18.6. The van der Waals surface area contributed by atoms with Crippen LogP contribution in [0.25, 0.3) is 0 Å². The molecule has 1 aromatic rings. The molecule has 1 aliphatic heterocycles. The van der Waals surface area contributed by atoms with E-state index in [2.05, 4.69) is 0 Å². The lowest BCUT2D eigenvalue weighted by Crippen LogP contribution is -2.27. The summed E-state index contributed by atoms with van der Waals surface area (Å²) in [6.45, 7) is 1.32. The van der Waals surface area contributed by atoms with Crippen LogP contribution in [0.1, 0.15) is 23.7 Å². The number of esters is 3. The highest BCUT2D eigenvalue weighted by molar-refractivity contribution is 6.06. The number of hydrogen-bond acceptors (Lipinski definition) is 10. The average molecular weight is 461 g/mol. The van der Waals surface area contributed by atoms with Crippen molar-refractivity contribution in [2.45, 2.75) is 19.4 Å². The molecule has 0 aromatic heterocycles. The van der Waals surface area contributed by atoms with E-state index >= 15 is 0 Å². The zero-order valence-electron chi connectivity index (χ0n) is 18.6. The molecule has 10 nitrogen and oxygen atoms in total. The maximum absolute atomic E-state index is 12.7. The summed E-state index contributed by atoms with van der Waals surface area (Å²) in [5.41, 5.74) is 0.155. The predicted octanol–water partition coefficient (Wildman–Crippen LogP) is 1.48. The summed E-state index contributed by atoms with van der Waals surface area (Å²) in [5, 5.41) is 18.3. The molecule has 1 aromatic carbocycles. The first kappa shape index (κ1) is 25.6. The van der Waals surface area contributed by atoms with Gasteiger partial charge < -0.3 is 34.1 Å². The molecule has 1 heterocycles. The summed E-state index contributed by atoms with van der Waals surface area (Å²) < 4.78 is 20.5. The van der Waals surface area contributed by atoms with Gasteiger partial charge in [-0.05, 0) is 36.8 Å². The quantitative estimate of drug-likeness (QED) is 0.390. The smallest absolute Gasteiger partial charge is 0.355 e. The molecule has 0 radical (unpaired) electrons. The molecule has 2 N–H and O–H groups in total. The van der Waals surface area contributed by atoms with Crippen LogP contribution in [-0.2, 0) is 23.8 Å². The number of allylic oxidation sites excluding steroid dienone is 2. The van der Waals surface area contributed by atoms with Crippen molar-refractivity contribution >= 4 is 23.6 Å². The Labute approximate surface area is 191 Å². The number of aliphatic hydroxyl groups is 2. The summed E-state index contributed by atoms with van der Waals surface area (Å²) in [4.78, 5) is 39.0. The van der Waals surface area contributed by atoms with Gasteiger partial charge in [-0.2, -0.15) is 0 Å². The molecular weight excluding hydrogens is 434 g/mol. The average Bonchev–Trinajstić information content (AvgIpc) is 3.07. The van der Waals surface area contributed by atoms with Crippen LogP contribution in [0.3, 0.4) is 0 Å². The van der Waals surface area contributed by atoms with Crippen molar-refractivity contribution in [3.8, 4) is 5.75 Å². The van der Waals surface area contributed by atoms with Gasteiger partial charge >= 0.3 is 17.9 Å². The topological polar surface area (TPSA) is 132 Å². The van der Waals surface area contributed by atoms with Crippen LogP contribution in [0.15, 0.2) is 53.9 Å². The second-order valence-electron chi connectivity index (χ2n) is 6.78. The second kappa shape index (κ2) is 12.4. The molecule has 178 valence electrons. The van der Waals surface area contributed by atoms with E-state index in [0.29, 0.717) is 18.8 Å². The summed E-state index contributed by atoms with van der Waals surface area (Å²) in [6.07, 6.45) is 5.55. The second-order valence-corrected chi connectivity index (χ2v) is 6.78. The maximum Gasteiger partial charge on any atom is 0.355 e. The van der Waals surface area contributed by atoms with Gasteiger partial charge in [0.05, 0.1) is 44.3 Å². The van der Waals surface area contributed by atoms with E-state index in [1.54, 1.807) is 12.2 Å². The van der Waals surface area contributed by atoms with Gasteiger partial charge in [-0.1, -0.05) is 13.0 Å². The van der Waals surface area contributed by atoms with Crippen LogP contribution in [0.2, 0.25) is 0 Å². The van der Waals surface area contributed by atoms with Crippen LogP contribution in [0.4, 0.5) is 5.69 Å². The van der Waals surface area contributed by atoms with Crippen LogP contribution in [0, 0.1) is 0 Å². The first-order valence-electron chi connectivity index (χ1n) is 10.2. The fraction of sp³-hybridized carbons (Fsp3) is 0.348. The van der Waals surface area contributed by atoms with Gasteiger partial charge in [0, 0.05) is 6.20 Å². The van der Waals surface area contributed by atoms with E-state index in [9.17, 15) is 19.5 Å². The molecule has 10 heteroatoms. The summed E-state index contributed by atoms with van der Waals surface area (Å²) in [7, 11) is 2.36. The molecule has 0 amide bonds. The van der Waals surface area contributed by atoms with Crippen molar-refractivity contribution in [2.24, 2.45) is 0 Å². The minimum atomic E-state index is -1.21. The Morgan fingerprint density at radius 2 is 1.79 bits per heavy atom. The number of hydrogen-bond donors (Lipinski definition) is 2. The van der Waals surface area contributed by atoms with E-state index in [1.165, 1.54) is 49.6 Å². The molecular formula is C23H27NO9. The number of anilines is 1. The number of aliphatic hydroxyl groups excluding tert-OH is 2. The maximum atomic E-state index is 12.7. The fourth-order valence-corrected chi connectivity index (χ4v) is 2.83. The molecule has 0 aliphatic carbocycles. The standard InChI is InChI=1S/C23H27NO9/c1-4-11-32-19-9-8-15(21(27)33-14-16(26)13-25)12-18(19)24-10-6-5-7-17(22(28)30-2)20(24)23(29)31-3/h5-10,12,16,25-26H,4,11,13-14H2,1-3H3. The van der Waals surface area contributed by atoms with E-state index in [1.807, 2.05) is 6.92 Å². The van der Waals surface area contributed by atoms with Gasteiger partial charge in [0.25, 0.3) is 0 Å². The zero-order chi connectivity index (χ0) is 24.4. The minimum absolute atomic E-state index is 0.0603. The van der Waals surface area contributed by atoms with Crippen molar-refractivity contribution in [2.75, 3.05) is 38.9 Å². The summed E-state index contributed by atoms with van der Waals surface area (Å²) >= 11 is 0. The van der Waals surface area contributed by atoms with Crippen LogP contribution in [0.5, 0.6) is 5.75 Å². The van der Waals surface area contributed by atoms with Crippen LogP contribution >= 0.6 is 0 Å². The number of ether oxygens (including phenoxy) is 4. The summed E-state index contributed by atoms with van der Waals surface area (Å²) in [6, 6.07) is 4.42. The lowest BCUT2D eigenvalue weighted by Gasteiger charge is -2.25. The lowest BCUT2D eigenvalue weighted by atomic mass is 10.1. The molecule has 33 heavy (non-hydrogen) atoms. The number of nitrogens with zero attached hydrogens (tertiary/aromatic N) is 1. The van der Waals surface area contributed by atoms with E-state index in [4.69, 9.17) is 24.1 Å². The Kier molecular flexibility index (Phi) is 9.64. The van der Waals surface area contributed by atoms with E-state index < -0.39 is 37.2 Å². The number of methoxy groups -OCH3 is 2. The number of benzene rings is 1. The monoisotopic (exact) mass is 461 g/mol. The fourth-order valence-electron chi connectivity index (χ4n) is 2.83. The summed E-state index contributed by atoms with van der Waals surface area (Å²) in [5.74, 6) is -2.00. The van der Waals surface area contributed by atoms with E-state index in [0.717, 1.165) is 0 Å². The molecule has 1 unspecified atom stereocenters. The van der Waals surface area contributed by atoms with Crippen LogP contribution < -0.4 is 9.64 Å². The SMILES string of the molecule is CCCOc1ccc(C(=O)OCC(O)CO)cc1N1C=CC=CC(C(=O)OC)=C1C(=O)OC. The third kappa shape index (κ3) is 6.43. The normalized spacial score (nSPS) is 13.9. The Morgan fingerprint density at radius 1 is 1.06 bits per heavy atom. The predicted molar refractivity (Wildman–Crippen MR) is 117 cm³/mol. The molecule has 1 aliphatic rings. The lowest BCUT2D eigenvalue weighted by molar-refractivity contribution is -0.139. The Morgan fingerprint density at radius 3 is 2.42 bits per heavy atom. The Balaban J connectivity index is 2.62. The van der Waals surface area contributed by atoms with Gasteiger partial charge in [0.15, 0.2) is 0 Å². The van der Waals surface area contributed by atoms with Gasteiger partial charge in [-0.15, -0.1) is 0 Å². The first-order valence-corrected chi connectivity index (χ1v) is 10.2. The van der Waals surface area contributed by atoms with Crippen molar-refractivity contribution in [1.29, 1.82) is 0 Å². The van der Waals surface area contributed by atoms with Crippen molar-refractivity contribution in [3.63, 3.8) is 0 Å². The van der Waals surface area contributed by atoms with Crippen LogP contribution in [-0.4, -0.2) is 68.3 Å².